The molecule has 144 valence electrons. The molecule has 0 saturated heterocycles. The van der Waals surface area contributed by atoms with Gasteiger partial charge in [-0.25, -0.2) is 4.79 Å². The molecule has 2 aromatic rings. The van der Waals surface area contributed by atoms with Gasteiger partial charge in [0, 0.05) is 24.0 Å². The number of ether oxygens (including phenoxy) is 2. The number of hydrogen-bond donors (Lipinski definition) is 2. The lowest BCUT2D eigenvalue weighted by atomic mass is 10.0. The van der Waals surface area contributed by atoms with Crippen molar-refractivity contribution in [3.8, 4) is 0 Å². The molecule has 6 heteroatoms. The Morgan fingerprint density at radius 3 is 2.26 bits per heavy atom. The van der Waals surface area contributed by atoms with Gasteiger partial charge in [0.05, 0.1) is 6.61 Å². The summed E-state index contributed by atoms with van der Waals surface area (Å²) >= 11 is 0. The zero-order valence-corrected chi connectivity index (χ0v) is 16.0. The summed E-state index contributed by atoms with van der Waals surface area (Å²) in [7, 11) is 1.53. The quantitative estimate of drug-likeness (QED) is 0.678. The number of nitrogens with one attached hydrogen (secondary N) is 2. The fourth-order valence-electron chi connectivity index (χ4n) is 2.51. The van der Waals surface area contributed by atoms with Crippen LogP contribution in [0.4, 0.5) is 16.2 Å². The Morgan fingerprint density at radius 1 is 0.963 bits per heavy atom. The van der Waals surface area contributed by atoms with Crippen molar-refractivity contribution >= 4 is 23.4 Å². The van der Waals surface area contributed by atoms with Gasteiger partial charge < -0.3 is 14.8 Å². The molecule has 0 heterocycles. The fourth-order valence-corrected chi connectivity index (χ4v) is 2.51. The van der Waals surface area contributed by atoms with Gasteiger partial charge in [0.2, 0.25) is 0 Å². The lowest BCUT2D eigenvalue weighted by molar-refractivity contribution is 0.102. The first kappa shape index (κ1) is 20.5. The molecule has 0 atom stereocenters. The molecule has 0 aliphatic carbocycles. The molecule has 27 heavy (non-hydrogen) atoms. The predicted molar refractivity (Wildman–Crippen MR) is 106 cm³/mol. The van der Waals surface area contributed by atoms with Crippen molar-refractivity contribution in [2.45, 2.75) is 20.3 Å². The molecule has 2 rings (SSSR count). The summed E-state index contributed by atoms with van der Waals surface area (Å²) in [6.45, 7) is 4.83. The zero-order valence-electron chi connectivity index (χ0n) is 16.0. The van der Waals surface area contributed by atoms with Crippen molar-refractivity contribution in [3.05, 3.63) is 59.7 Å². The van der Waals surface area contributed by atoms with Crippen molar-refractivity contribution in [2.24, 2.45) is 5.92 Å². The number of carbonyl (C=O) groups is 2. The molecule has 6 nitrogen and oxygen atoms in total. The van der Waals surface area contributed by atoms with E-state index in [2.05, 4.69) is 24.5 Å². The summed E-state index contributed by atoms with van der Waals surface area (Å²) in [5.41, 5.74) is 2.91. The Morgan fingerprint density at radius 2 is 1.63 bits per heavy atom. The van der Waals surface area contributed by atoms with Gasteiger partial charge in [0.25, 0.3) is 5.91 Å². The van der Waals surface area contributed by atoms with Gasteiger partial charge in [-0.3, -0.25) is 10.1 Å². The predicted octanol–water partition coefficient (Wildman–Crippen LogP) is 4.33. The van der Waals surface area contributed by atoms with Crippen LogP contribution in [0.25, 0.3) is 0 Å². The SMILES string of the molecule is COCCOC(=O)Nc1cccc(NC(=O)c2ccc(CC(C)C)cc2)c1. The molecular formula is C21H26N2O4. The van der Waals surface area contributed by atoms with E-state index in [-0.39, 0.29) is 12.5 Å². The van der Waals surface area contributed by atoms with Crippen LogP contribution < -0.4 is 10.6 Å². The van der Waals surface area contributed by atoms with E-state index >= 15 is 0 Å². The summed E-state index contributed by atoms with van der Waals surface area (Å²) in [6, 6.07) is 14.5. The van der Waals surface area contributed by atoms with Crippen molar-refractivity contribution in [2.75, 3.05) is 31.0 Å². The normalized spacial score (nSPS) is 10.5. The zero-order chi connectivity index (χ0) is 19.6. The van der Waals surface area contributed by atoms with E-state index < -0.39 is 6.09 Å². The highest BCUT2D eigenvalue weighted by atomic mass is 16.6. The minimum Gasteiger partial charge on any atom is -0.447 e. The third kappa shape index (κ3) is 7.11. The Bertz CT molecular complexity index is 757. The second kappa shape index (κ2) is 10.3. The number of anilines is 2. The van der Waals surface area contributed by atoms with Crippen LogP contribution in [0.15, 0.2) is 48.5 Å². The van der Waals surface area contributed by atoms with Crippen LogP contribution in [0, 0.1) is 5.92 Å². The van der Waals surface area contributed by atoms with Crippen molar-refractivity contribution in [1.82, 2.24) is 0 Å². The first-order valence-corrected chi connectivity index (χ1v) is 8.91. The molecule has 0 radical (unpaired) electrons. The Kier molecular flexibility index (Phi) is 7.82. The van der Waals surface area contributed by atoms with Crippen LogP contribution in [-0.2, 0) is 15.9 Å². The maximum Gasteiger partial charge on any atom is 0.411 e. The maximum atomic E-state index is 12.4. The van der Waals surface area contributed by atoms with Crippen LogP contribution in [0.1, 0.15) is 29.8 Å². The minimum absolute atomic E-state index is 0.172. The third-order valence-electron chi connectivity index (χ3n) is 3.75. The number of rotatable bonds is 8. The highest BCUT2D eigenvalue weighted by molar-refractivity contribution is 6.04. The largest absolute Gasteiger partial charge is 0.447 e. The minimum atomic E-state index is -0.573. The van der Waals surface area contributed by atoms with E-state index in [4.69, 9.17) is 9.47 Å². The molecule has 0 unspecified atom stereocenters. The number of carbonyl (C=O) groups excluding carboxylic acids is 2. The second-order valence-electron chi connectivity index (χ2n) is 6.58. The molecule has 0 saturated carbocycles. The summed E-state index contributed by atoms with van der Waals surface area (Å²) in [5.74, 6) is 0.368. The molecule has 2 aromatic carbocycles. The van der Waals surface area contributed by atoms with Crippen LogP contribution in [0.2, 0.25) is 0 Å². The van der Waals surface area contributed by atoms with Crippen LogP contribution in [-0.4, -0.2) is 32.3 Å². The van der Waals surface area contributed by atoms with E-state index in [9.17, 15) is 9.59 Å². The lowest BCUT2D eigenvalue weighted by Gasteiger charge is -2.10. The standard InChI is InChI=1S/C21H26N2O4/c1-15(2)13-16-7-9-17(10-8-16)20(24)22-18-5-4-6-19(14-18)23-21(25)27-12-11-26-3/h4-10,14-15H,11-13H2,1-3H3,(H,22,24)(H,23,25). The summed E-state index contributed by atoms with van der Waals surface area (Å²) in [4.78, 5) is 24.1. The number of hydrogen-bond acceptors (Lipinski definition) is 4. The molecule has 0 bridgehead atoms. The van der Waals surface area contributed by atoms with Gasteiger partial charge in [-0.15, -0.1) is 0 Å². The second-order valence-corrected chi connectivity index (χ2v) is 6.58. The monoisotopic (exact) mass is 370 g/mol. The molecule has 2 N–H and O–H groups in total. The molecule has 0 aliphatic rings. The highest BCUT2D eigenvalue weighted by Gasteiger charge is 2.08. The van der Waals surface area contributed by atoms with Gasteiger partial charge in [-0.1, -0.05) is 32.0 Å². The van der Waals surface area contributed by atoms with Crippen LogP contribution in [0.3, 0.4) is 0 Å². The molecule has 2 amide bonds. The smallest absolute Gasteiger partial charge is 0.411 e. The summed E-state index contributed by atoms with van der Waals surface area (Å²) in [6.07, 6.45) is 0.409. The van der Waals surface area contributed by atoms with E-state index in [1.54, 1.807) is 24.3 Å². The summed E-state index contributed by atoms with van der Waals surface area (Å²) < 4.78 is 9.77. The number of benzene rings is 2. The topological polar surface area (TPSA) is 76.7 Å². The first-order valence-electron chi connectivity index (χ1n) is 8.91. The number of methoxy groups -OCH3 is 1. The van der Waals surface area contributed by atoms with Gasteiger partial charge in [0.15, 0.2) is 0 Å². The van der Waals surface area contributed by atoms with E-state index in [1.165, 1.54) is 12.7 Å². The lowest BCUT2D eigenvalue weighted by Crippen LogP contribution is -2.17. The van der Waals surface area contributed by atoms with Gasteiger partial charge in [-0.2, -0.15) is 0 Å². The average Bonchev–Trinajstić information content (AvgIpc) is 2.62. The van der Waals surface area contributed by atoms with Crippen molar-refractivity contribution in [3.63, 3.8) is 0 Å². The average molecular weight is 370 g/mol. The first-order chi connectivity index (χ1) is 13.0. The molecule has 0 aliphatic heterocycles. The van der Waals surface area contributed by atoms with E-state index in [0.717, 1.165) is 6.42 Å². The molecular weight excluding hydrogens is 344 g/mol. The molecule has 0 aromatic heterocycles. The molecule has 0 spiro atoms. The summed E-state index contributed by atoms with van der Waals surface area (Å²) in [5, 5.41) is 5.45. The van der Waals surface area contributed by atoms with Crippen LogP contribution >= 0.6 is 0 Å². The fraction of sp³-hybridized carbons (Fsp3) is 0.333. The Balaban J connectivity index is 1.94. The maximum absolute atomic E-state index is 12.4. The van der Waals surface area contributed by atoms with Gasteiger partial charge in [0.1, 0.15) is 6.61 Å². The van der Waals surface area contributed by atoms with Gasteiger partial charge in [-0.05, 0) is 48.2 Å². The third-order valence-corrected chi connectivity index (χ3v) is 3.75. The van der Waals surface area contributed by atoms with E-state index in [1.807, 2.05) is 24.3 Å². The molecule has 0 fully saturated rings. The highest BCUT2D eigenvalue weighted by Crippen LogP contribution is 2.17. The van der Waals surface area contributed by atoms with Crippen molar-refractivity contribution < 1.29 is 19.1 Å². The van der Waals surface area contributed by atoms with Gasteiger partial charge >= 0.3 is 6.09 Å². The number of amides is 2. The Labute approximate surface area is 159 Å². The Hall–Kier alpha value is -2.86. The van der Waals surface area contributed by atoms with Crippen LogP contribution in [0.5, 0.6) is 0 Å². The van der Waals surface area contributed by atoms with Crippen molar-refractivity contribution in [1.29, 1.82) is 0 Å². The van der Waals surface area contributed by atoms with E-state index in [0.29, 0.717) is 29.5 Å².